The summed E-state index contributed by atoms with van der Waals surface area (Å²) in [6.07, 6.45) is 2.44. The number of nitrogens with one attached hydrogen (secondary N) is 2. The number of hydrogen-bond donors (Lipinski definition) is 5. The van der Waals surface area contributed by atoms with Crippen LogP contribution in [-0.2, 0) is 6.54 Å². The lowest BCUT2D eigenvalue weighted by Crippen LogP contribution is -2.41. The predicted octanol–water partition coefficient (Wildman–Crippen LogP) is 3.27. The largest absolute Gasteiger partial charge is 0.508 e. The molecule has 30 heavy (non-hydrogen) atoms. The number of phenols is 1. The Hall–Kier alpha value is -3.07. The second-order valence-corrected chi connectivity index (χ2v) is 8.31. The quantitative estimate of drug-likeness (QED) is 0.281. The van der Waals surface area contributed by atoms with E-state index in [4.69, 9.17) is 5.73 Å². The van der Waals surface area contributed by atoms with Crippen LogP contribution in [0.15, 0.2) is 24.5 Å². The van der Waals surface area contributed by atoms with E-state index < -0.39 is 5.60 Å². The average Bonchev–Trinajstić information content (AvgIpc) is 3.10. The molecule has 0 aliphatic rings. The molecule has 1 unspecified atom stereocenters. The predicted molar refractivity (Wildman–Crippen MR) is 120 cm³/mol. The fourth-order valence-corrected chi connectivity index (χ4v) is 3.34. The Bertz CT molecular complexity index is 1020. The highest BCUT2D eigenvalue weighted by Gasteiger charge is 2.26. The summed E-state index contributed by atoms with van der Waals surface area (Å²) in [6.45, 7) is 9.94. The first-order valence-corrected chi connectivity index (χ1v) is 10.1. The Balaban J connectivity index is 2.00. The SMILES string of the molecule is CCC(Nc1nc(NCc2cc(N)ccc2O)c2ncn(C(C)C)c2n1)C(C)(C)O. The van der Waals surface area contributed by atoms with Gasteiger partial charge in [-0.05, 0) is 52.3 Å². The second-order valence-electron chi connectivity index (χ2n) is 8.31. The van der Waals surface area contributed by atoms with Gasteiger partial charge in [-0.25, -0.2) is 4.98 Å². The van der Waals surface area contributed by atoms with Crippen molar-refractivity contribution in [3.8, 4) is 5.75 Å². The second kappa shape index (κ2) is 8.35. The smallest absolute Gasteiger partial charge is 0.227 e. The van der Waals surface area contributed by atoms with Crippen molar-refractivity contribution < 1.29 is 10.2 Å². The number of fused-ring (bicyclic) bond motifs is 1. The van der Waals surface area contributed by atoms with Gasteiger partial charge in [0.05, 0.1) is 18.0 Å². The third-order valence-electron chi connectivity index (χ3n) is 5.09. The molecule has 3 rings (SSSR count). The van der Waals surface area contributed by atoms with Gasteiger partial charge in [-0.15, -0.1) is 0 Å². The Morgan fingerprint density at radius 1 is 1.23 bits per heavy atom. The highest BCUT2D eigenvalue weighted by atomic mass is 16.3. The molecule has 3 aromatic rings. The molecule has 0 spiro atoms. The van der Waals surface area contributed by atoms with Crippen LogP contribution in [0.2, 0.25) is 0 Å². The van der Waals surface area contributed by atoms with Gasteiger partial charge < -0.3 is 31.1 Å². The number of imidazole rings is 1. The van der Waals surface area contributed by atoms with Gasteiger partial charge in [0.2, 0.25) is 5.95 Å². The molecule has 0 amide bonds. The number of aromatic hydroxyl groups is 1. The Morgan fingerprint density at radius 3 is 2.60 bits per heavy atom. The minimum atomic E-state index is -0.938. The molecule has 162 valence electrons. The first kappa shape index (κ1) is 21.6. The van der Waals surface area contributed by atoms with Crippen molar-refractivity contribution in [3.63, 3.8) is 0 Å². The summed E-state index contributed by atoms with van der Waals surface area (Å²) in [5.41, 5.74) is 7.45. The molecule has 1 atom stereocenters. The molecule has 1 aromatic carbocycles. The van der Waals surface area contributed by atoms with Gasteiger partial charge in [-0.2, -0.15) is 9.97 Å². The number of benzene rings is 1. The molecular formula is C21H31N7O2. The highest BCUT2D eigenvalue weighted by Crippen LogP contribution is 2.27. The monoisotopic (exact) mass is 413 g/mol. The lowest BCUT2D eigenvalue weighted by atomic mass is 9.97. The third kappa shape index (κ3) is 4.56. The minimum Gasteiger partial charge on any atom is -0.508 e. The van der Waals surface area contributed by atoms with Crippen LogP contribution >= 0.6 is 0 Å². The maximum atomic E-state index is 10.4. The molecule has 2 aromatic heterocycles. The van der Waals surface area contributed by atoms with Crippen LogP contribution < -0.4 is 16.4 Å². The normalized spacial score (nSPS) is 13.0. The number of aromatic nitrogens is 4. The molecular weight excluding hydrogens is 382 g/mol. The minimum absolute atomic E-state index is 0.154. The van der Waals surface area contributed by atoms with Gasteiger partial charge in [0.15, 0.2) is 17.0 Å². The standard InChI is InChI=1S/C21H31N7O2/c1-6-16(21(4,5)30)25-20-26-18(17-19(27-20)28(11-24-17)12(2)3)23-10-13-9-14(22)7-8-15(13)29/h7-9,11-12,16,29-30H,6,10,22H2,1-5H3,(H2,23,25,26,27). The summed E-state index contributed by atoms with van der Waals surface area (Å²) in [5.74, 6) is 1.09. The number of aliphatic hydroxyl groups is 1. The molecule has 6 N–H and O–H groups in total. The Labute approximate surface area is 176 Å². The topological polar surface area (TPSA) is 134 Å². The summed E-state index contributed by atoms with van der Waals surface area (Å²) >= 11 is 0. The van der Waals surface area contributed by atoms with E-state index in [1.165, 1.54) is 0 Å². The summed E-state index contributed by atoms with van der Waals surface area (Å²) in [7, 11) is 0. The van der Waals surface area contributed by atoms with Crippen molar-refractivity contribution >= 4 is 28.6 Å². The van der Waals surface area contributed by atoms with E-state index in [9.17, 15) is 10.2 Å². The summed E-state index contributed by atoms with van der Waals surface area (Å²) in [5, 5.41) is 27.1. The fourth-order valence-electron chi connectivity index (χ4n) is 3.34. The Kier molecular flexibility index (Phi) is 6.02. The van der Waals surface area contributed by atoms with E-state index in [0.29, 0.717) is 47.1 Å². The first-order chi connectivity index (χ1) is 14.1. The molecule has 0 aliphatic heterocycles. The van der Waals surface area contributed by atoms with Crippen molar-refractivity contribution in [3.05, 3.63) is 30.1 Å². The number of phenolic OH excluding ortho intramolecular Hbond substituents is 1. The maximum Gasteiger partial charge on any atom is 0.227 e. The van der Waals surface area contributed by atoms with Gasteiger partial charge in [0.25, 0.3) is 0 Å². The van der Waals surface area contributed by atoms with E-state index in [1.807, 2.05) is 11.5 Å². The van der Waals surface area contributed by atoms with Crippen LogP contribution in [0.5, 0.6) is 5.75 Å². The van der Waals surface area contributed by atoms with Crippen LogP contribution in [0.1, 0.15) is 52.6 Å². The molecule has 0 fully saturated rings. The lowest BCUT2D eigenvalue weighted by molar-refractivity contribution is 0.0577. The van der Waals surface area contributed by atoms with Crippen molar-refractivity contribution in [2.45, 2.75) is 65.3 Å². The molecule has 9 heteroatoms. The van der Waals surface area contributed by atoms with E-state index in [1.54, 1.807) is 38.4 Å². The number of rotatable bonds is 8. The molecule has 0 aliphatic carbocycles. The van der Waals surface area contributed by atoms with Gasteiger partial charge in [0, 0.05) is 23.8 Å². The summed E-state index contributed by atoms with van der Waals surface area (Å²) < 4.78 is 1.97. The van der Waals surface area contributed by atoms with Gasteiger partial charge in [-0.1, -0.05) is 6.92 Å². The molecule has 0 radical (unpaired) electrons. The fraction of sp³-hybridized carbons (Fsp3) is 0.476. The van der Waals surface area contributed by atoms with Crippen molar-refractivity contribution in [2.24, 2.45) is 0 Å². The highest BCUT2D eigenvalue weighted by molar-refractivity contribution is 5.84. The van der Waals surface area contributed by atoms with E-state index in [-0.39, 0.29) is 17.8 Å². The van der Waals surface area contributed by atoms with Crippen LogP contribution in [0.4, 0.5) is 17.5 Å². The van der Waals surface area contributed by atoms with Crippen molar-refractivity contribution in [1.82, 2.24) is 19.5 Å². The van der Waals surface area contributed by atoms with E-state index in [0.717, 1.165) is 0 Å². The van der Waals surface area contributed by atoms with Crippen molar-refractivity contribution in [1.29, 1.82) is 0 Å². The maximum absolute atomic E-state index is 10.4. The average molecular weight is 414 g/mol. The van der Waals surface area contributed by atoms with E-state index >= 15 is 0 Å². The number of hydrogen-bond acceptors (Lipinski definition) is 8. The van der Waals surface area contributed by atoms with Crippen LogP contribution in [0, 0.1) is 0 Å². The van der Waals surface area contributed by atoms with Crippen molar-refractivity contribution in [2.75, 3.05) is 16.4 Å². The zero-order chi connectivity index (χ0) is 22.1. The van der Waals surface area contributed by atoms with Gasteiger partial charge in [-0.3, -0.25) is 0 Å². The number of nitrogens with zero attached hydrogens (tertiary/aromatic N) is 4. The molecule has 0 saturated heterocycles. The van der Waals surface area contributed by atoms with E-state index in [2.05, 4.69) is 39.4 Å². The first-order valence-electron chi connectivity index (χ1n) is 10.1. The molecule has 2 heterocycles. The van der Waals surface area contributed by atoms with Crippen LogP contribution in [0.25, 0.3) is 11.2 Å². The Morgan fingerprint density at radius 2 is 1.97 bits per heavy atom. The van der Waals surface area contributed by atoms with Gasteiger partial charge in [0.1, 0.15) is 5.75 Å². The molecule has 0 bridgehead atoms. The lowest BCUT2D eigenvalue weighted by Gasteiger charge is -2.29. The zero-order valence-corrected chi connectivity index (χ0v) is 18.1. The molecule has 0 saturated carbocycles. The number of nitrogen functional groups attached to an aromatic ring is 1. The van der Waals surface area contributed by atoms with Crippen LogP contribution in [-0.4, -0.2) is 41.4 Å². The molecule has 9 nitrogen and oxygen atoms in total. The van der Waals surface area contributed by atoms with Gasteiger partial charge >= 0.3 is 0 Å². The third-order valence-corrected chi connectivity index (χ3v) is 5.09. The van der Waals surface area contributed by atoms with Crippen LogP contribution in [0.3, 0.4) is 0 Å². The summed E-state index contributed by atoms with van der Waals surface area (Å²) in [6, 6.07) is 4.87. The number of nitrogens with two attached hydrogens (primary N) is 1. The number of anilines is 3. The summed E-state index contributed by atoms with van der Waals surface area (Å²) in [4.78, 5) is 13.8. The zero-order valence-electron chi connectivity index (χ0n) is 18.1.